The Morgan fingerprint density at radius 3 is 2.69 bits per heavy atom. The summed E-state index contributed by atoms with van der Waals surface area (Å²) in [5.41, 5.74) is 13.0. The first-order chi connectivity index (χ1) is 17.0. The summed E-state index contributed by atoms with van der Waals surface area (Å²) < 4.78 is 2.09. The number of benzene rings is 2. The van der Waals surface area contributed by atoms with Gasteiger partial charge in [-0.15, -0.1) is 0 Å². The van der Waals surface area contributed by atoms with Gasteiger partial charge in [-0.05, 0) is 37.3 Å². The number of piperidine rings is 1. The fourth-order valence-corrected chi connectivity index (χ4v) is 5.92. The van der Waals surface area contributed by atoms with Crippen LogP contribution < -0.4 is 5.73 Å². The second-order valence-electron chi connectivity index (χ2n) is 10.1. The molecule has 0 unspecified atom stereocenters. The first-order valence-electron chi connectivity index (χ1n) is 12.6. The Balaban J connectivity index is 1.36. The van der Waals surface area contributed by atoms with E-state index in [1.54, 1.807) is 6.20 Å². The maximum atomic E-state index is 12.4. The van der Waals surface area contributed by atoms with Gasteiger partial charge in [0.15, 0.2) is 0 Å². The van der Waals surface area contributed by atoms with Crippen LogP contribution in [-0.4, -0.2) is 37.8 Å². The van der Waals surface area contributed by atoms with E-state index in [1.165, 1.54) is 16.7 Å². The normalized spacial score (nSPS) is 20.9. The molecule has 178 valence electrons. The van der Waals surface area contributed by atoms with Crippen LogP contribution in [0.25, 0.3) is 16.8 Å². The van der Waals surface area contributed by atoms with Gasteiger partial charge >= 0.3 is 0 Å². The average Bonchev–Trinajstić information content (AvgIpc) is 3.45. The predicted molar refractivity (Wildman–Crippen MR) is 138 cm³/mol. The number of hydrogen-bond acceptors (Lipinski definition) is 4. The molecule has 0 aliphatic carbocycles. The molecule has 0 bridgehead atoms. The first kappa shape index (κ1) is 21.8. The van der Waals surface area contributed by atoms with Crippen LogP contribution in [0.15, 0.2) is 60.9 Å². The predicted octanol–water partition coefficient (Wildman–Crippen LogP) is 5.31. The third-order valence-electron chi connectivity index (χ3n) is 7.92. The van der Waals surface area contributed by atoms with E-state index in [1.807, 2.05) is 6.20 Å². The molecule has 6 heteroatoms. The zero-order valence-electron chi connectivity index (χ0n) is 20.3. The minimum absolute atomic E-state index is 0.192. The molecule has 2 saturated heterocycles. The fraction of sp³-hybridized carbons (Fsp3) is 0.345. The SMILES string of the molecule is Cc1cccc([C@@H](C)c2ccc(-c3nc([C@@H]4CC[C@H]5CCC(=O)N5C4)n4ccnc(N)c34)cc2)c1. The van der Waals surface area contributed by atoms with Gasteiger partial charge in [0.25, 0.3) is 0 Å². The van der Waals surface area contributed by atoms with Gasteiger partial charge in [-0.3, -0.25) is 9.20 Å². The smallest absolute Gasteiger partial charge is 0.222 e. The molecule has 0 radical (unpaired) electrons. The molecule has 3 atom stereocenters. The molecule has 4 heterocycles. The molecule has 2 aliphatic heterocycles. The van der Waals surface area contributed by atoms with Crippen molar-refractivity contribution in [3.8, 4) is 11.3 Å². The van der Waals surface area contributed by atoms with Gasteiger partial charge in [0.1, 0.15) is 22.9 Å². The summed E-state index contributed by atoms with van der Waals surface area (Å²) in [5, 5.41) is 0. The second kappa shape index (κ2) is 8.52. The number of fused-ring (bicyclic) bond motifs is 2. The number of nitrogens with two attached hydrogens (primary N) is 1. The van der Waals surface area contributed by atoms with Crippen molar-refractivity contribution in [2.45, 2.75) is 57.4 Å². The van der Waals surface area contributed by atoms with Gasteiger partial charge in [-0.1, -0.05) is 61.0 Å². The highest BCUT2D eigenvalue weighted by molar-refractivity contribution is 5.85. The molecule has 6 rings (SSSR count). The van der Waals surface area contributed by atoms with Crippen molar-refractivity contribution in [1.82, 2.24) is 19.3 Å². The summed E-state index contributed by atoms with van der Waals surface area (Å²) in [6, 6.07) is 17.7. The van der Waals surface area contributed by atoms with Crippen LogP contribution in [0.1, 0.15) is 67.0 Å². The number of aryl methyl sites for hydroxylation is 1. The standard InChI is InChI=1S/C29H31N5O/c1-18-4-3-5-22(16-18)19(2)20-6-8-21(9-7-20)26-27-28(30)31-14-15-33(27)29(32-26)23-10-11-24-12-13-25(35)34(24)17-23/h3-9,14-16,19,23-24H,10-13,17H2,1-2H3,(H2,30,31)/t19-,23+,24-/m0/s1. The van der Waals surface area contributed by atoms with Gasteiger partial charge in [0.2, 0.25) is 5.91 Å². The lowest BCUT2D eigenvalue weighted by molar-refractivity contribution is -0.130. The summed E-state index contributed by atoms with van der Waals surface area (Å²) >= 11 is 0. The molecule has 2 aliphatic rings. The number of carbonyl (C=O) groups excluding carboxylic acids is 1. The van der Waals surface area contributed by atoms with Crippen molar-refractivity contribution < 1.29 is 4.79 Å². The molecule has 0 spiro atoms. The van der Waals surface area contributed by atoms with Crippen LogP contribution in [0.3, 0.4) is 0 Å². The lowest BCUT2D eigenvalue weighted by Gasteiger charge is -2.34. The number of imidazole rings is 1. The van der Waals surface area contributed by atoms with Crippen molar-refractivity contribution in [1.29, 1.82) is 0 Å². The largest absolute Gasteiger partial charge is 0.382 e. The third-order valence-corrected chi connectivity index (χ3v) is 7.92. The highest BCUT2D eigenvalue weighted by Gasteiger charge is 2.38. The first-order valence-corrected chi connectivity index (χ1v) is 12.6. The molecule has 0 saturated carbocycles. The lowest BCUT2D eigenvalue weighted by atomic mass is 9.91. The van der Waals surface area contributed by atoms with Gasteiger partial charge in [0, 0.05) is 48.8 Å². The summed E-state index contributed by atoms with van der Waals surface area (Å²) in [6.45, 7) is 5.11. The molecule has 2 N–H and O–H groups in total. The number of nitrogen functional groups attached to an aromatic ring is 1. The fourth-order valence-electron chi connectivity index (χ4n) is 5.92. The Kier molecular flexibility index (Phi) is 5.32. The van der Waals surface area contributed by atoms with Crippen molar-refractivity contribution in [3.05, 3.63) is 83.4 Å². The van der Waals surface area contributed by atoms with E-state index < -0.39 is 0 Å². The molecule has 2 fully saturated rings. The summed E-state index contributed by atoms with van der Waals surface area (Å²) in [5.74, 6) is 2.22. The monoisotopic (exact) mass is 465 g/mol. The van der Waals surface area contributed by atoms with Crippen LogP contribution in [0, 0.1) is 6.92 Å². The van der Waals surface area contributed by atoms with E-state index in [4.69, 9.17) is 10.7 Å². The van der Waals surface area contributed by atoms with Crippen LogP contribution >= 0.6 is 0 Å². The Morgan fingerprint density at radius 1 is 1.06 bits per heavy atom. The number of aromatic nitrogens is 3. The number of anilines is 1. The summed E-state index contributed by atoms with van der Waals surface area (Å²) in [4.78, 5) is 24.0. The van der Waals surface area contributed by atoms with Crippen LogP contribution in [0.5, 0.6) is 0 Å². The summed E-state index contributed by atoms with van der Waals surface area (Å²) in [7, 11) is 0. The number of carbonyl (C=O) groups is 1. The van der Waals surface area contributed by atoms with E-state index >= 15 is 0 Å². The van der Waals surface area contributed by atoms with Crippen molar-refractivity contribution in [2.75, 3.05) is 12.3 Å². The number of rotatable bonds is 4. The van der Waals surface area contributed by atoms with Crippen LogP contribution in [-0.2, 0) is 4.79 Å². The molecule has 6 nitrogen and oxygen atoms in total. The molecular weight excluding hydrogens is 434 g/mol. The number of hydrogen-bond donors (Lipinski definition) is 1. The highest BCUT2D eigenvalue weighted by atomic mass is 16.2. The number of nitrogens with zero attached hydrogens (tertiary/aromatic N) is 4. The van der Waals surface area contributed by atoms with Crippen molar-refractivity contribution >= 4 is 17.2 Å². The van der Waals surface area contributed by atoms with E-state index in [0.29, 0.717) is 24.2 Å². The molecule has 1 amide bonds. The van der Waals surface area contributed by atoms with Gasteiger partial charge in [-0.2, -0.15) is 0 Å². The number of amides is 1. The third kappa shape index (κ3) is 3.77. The van der Waals surface area contributed by atoms with Crippen molar-refractivity contribution in [3.63, 3.8) is 0 Å². The van der Waals surface area contributed by atoms with Crippen molar-refractivity contribution in [2.24, 2.45) is 0 Å². The molecule has 35 heavy (non-hydrogen) atoms. The topological polar surface area (TPSA) is 76.5 Å². The van der Waals surface area contributed by atoms with E-state index in [-0.39, 0.29) is 11.8 Å². The Morgan fingerprint density at radius 2 is 1.89 bits per heavy atom. The molecule has 4 aromatic rings. The van der Waals surface area contributed by atoms with E-state index in [9.17, 15) is 4.79 Å². The van der Waals surface area contributed by atoms with Crippen LogP contribution in [0.4, 0.5) is 5.82 Å². The molecule has 2 aromatic carbocycles. The maximum absolute atomic E-state index is 12.4. The van der Waals surface area contributed by atoms with Gasteiger partial charge in [0.05, 0.1) is 0 Å². The zero-order chi connectivity index (χ0) is 24.1. The van der Waals surface area contributed by atoms with Crippen LogP contribution in [0.2, 0.25) is 0 Å². The van der Waals surface area contributed by atoms with E-state index in [2.05, 4.69) is 76.7 Å². The molecular formula is C29H31N5O. The minimum Gasteiger partial charge on any atom is -0.382 e. The highest BCUT2D eigenvalue weighted by Crippen LogP contribution is 2.38. The second-order valence-corrected chi connectivity index (χ2v) is 10.1. The quantitative estimate of drug-likeness (QED) is 0.443. The summed E-state index contributed by atoms with van der Waals surface area (Å²) in [6.07, 6.45) is 7.41. The van der Waals surface area contributed by atoms with E-state index in [0.717, 1.165) is 48.4 Å². The van der Waals surface area contributed by atoms with Gasteiger partial charge in [-0.25, -0.2) is 9.97 Å². The lowest BCUT2D eigenvalue weighted by Crippen LogP contribution is -2.41. The van der Waals surface area contributed by atoms with Gasteiger partial charge < -0.3 is 10.6 Å². The maximum Gasteiger partial charge on any atom is 0.222 e. The molecule has 2 aromatic heterocycles. The Bertz CT molecular complexity index is 1410. The Hall–Kier alpha value is -3.67. The Labute approximate surface area is 205 Å². The average molecular weight is 466 g/mol. The zero-order valence-corrected chi connectivity index (χ0v) is 20.3. The minimum atomic E-state index is 0.192.